The summed E-state index contributed by atoms with van der Waals surface area (Å²) in [5.41, 5.74) is 10.9. The third kappa shape index (κ3) is 3.02. The van der Waals surface area contributed by atoms with Gasteiger partial charge in [-0.2, -0.15) is 4.31 Å². The van der Waals surface area contributed by atoms with Crippen molar-refractivity contribution in [3.8, 4) is 5.75 Å². The predicted octanol–water partition coefficient (Wildman–Crippen LogP) is -0.237. The number of nitrogens with two attached hydrogens (primary N) is 2. The molecule has 0 aliphatic carbocycles. The van der Waals surface area contributed by atoms with Gasteiger partial charge in [0.1, 0.15) is 5.75 Å². The Morgan fingerprint density at radius 2 is 2.19 bits per heavy atom. The van der Waals surface area contributed by atoms with Crippen LogP contribution in [0.5, 0.6) is 5.75 Å². The average Bonchev–Trinajstić information content (AvgIpc) is 2.96. The van der Waals surface area contributed by atoms with Crippen molar-refractivity contribution < 1.29 is 17.9 Å². The largest absolute Gasteiger partial charge is 0.496 e. The molecule has 1 atom stereocenters. The standard InChI is InChI=1S/C13H19N3O4S/c1-20-12-3-2-10(6-11(12)13(15)17)21(18,19)16-5-4-9(7-14)8-16/h2-3,6,9H,4-5,7-8,14H2,1H3,(H2,15,17). The molecule has 0 bridgehead atoms. The second kappa shape index (κ2) is 6.00. The van der Waals surface area contributed by atoms with Gasteiger partial charge in [-0.05, 0) is 37.1 Å². The van der Waals surface area contributed by atoms with E-state index < -0.39 is 15.9 Å². The molecule has 1 aromatic carbocycles. The molecule has 1 aliphatic rings. The summed E-state index contributed by atoms with van der Waals surface area (Å²) >= 11 is 0. The SMILES string of the molecule is COc1ccc(S(=O)(=O)N2CCC(CN)C2)cc1C(N)=O. The first kappa shape index (κ1) is 15.7. The van der Waals surface area contributed by atoms with E-state index in [4.69, 9.17) is 16.2 Å². The molecule has 7 nitrogen and oxygen atoms in total. The van der Waals surface area contributed by atoms with Gasteiger partial charge in [0.15, 0.2) is 0 Å². The van der Waals surface area contributed by atoms with Crippen molar-refractivity contribution >= 4 is 15.9 Å². The van der Waals surface area contributed by atoms with Crippen molar-refractivity contribution in [3.63, 3.8) is 0 Å². The minimum Gasteiger partial charge on any atom is -0.496 e. The maximum atomic E-state index is 12.6. The molecule has 1 aromatic rings. The fourth-order valence-corrected chi connectivity index (χ4v) is 3.95. The van der Waals surface area contributed by atoms with Crippen LogP contribution >= 0.6 is 0 Å². The van der Waals surface area contributed by atoms with Gasteiger partial charge in [0, 0.05) is 13.1 Å². The van der Waals surface area contributed by atoms with E-state index in [1.807, 2.05) is 0 Å². The molecule has 0 radical (unpaired) electrons. The van der Waals surface area contributed by atoms with Gasteiger partial charge in [-0.25, -0.2) is 8.42 Å². The summed E-state index contributed by atoms with van der Waals surface area (Å²) in [6.07, 6.45) is 0.745. The molecule has 0 spiro atoms. The van der Waals surface area contributed by atoms with E-state index in [0.717, 1.165) is 6.42 Å². The second-order valence-electron chi connectivity index (χ2n) is 4.98. The monoisotopic (exact) mass is 313 g/mol. The van der Waals surface area contributed by atoms with Crippen molar-refractivity contribution in [2.75, 3.05) is 26.7 Å². The molecule has 2 rings (SSSR count). The number of hydrogen-bond acceptors (Lipinski definition) is 5. The summed E-state index contributed by atoms with van der Waals surface area (Å²) < 4.78 is 31.5. The zero-order valence-electron chi connectivity index (χ0n) is 11.8. The second-order valence-corrected chi connectivity index (χ2v) is 6.92. The van der Waals surface area contributed by atoms with Gasteiger partial charge in [0.2, 0.25) is 10.0 Å². The summed E-state index contributed by atoms with van der Waals surface area (Å²) in [4.78, 5) is 11.4. The zero-order chi connectivity index (χ0) is 15.6. The lowest BCUT2D eigenvalue weighted by atomic mass is 10.1. The summed E-state index contributed by atoms with van der Waals surface area (Å²) in [6.45, 7) is 1.29. The molecule has 0 aromatic heterocycles. The van der Waals surface area contributed by atoms with Crippen molar-refractivity contribution in [3.05, 3.63) is 23.8 Å². The smallest absolute Gasteiger partial charge is 0.252 e. The Kier molecular flexibility index (Phi) is 4.50. The Morgan fingerprint density at radius 3 is 2.71 bits per heavy atom. The van der Waals surface area contributed by atoms with E-state index in [1.54, 1.807) is 0 Å². The van der Waals surface area contributed by atoms with Crippen molar-refractivity contribution in [1.29, 1.82) is 0 Å². The molecule has 0 saturated carbocycles. The third-order valence-electron chi connectivity index (χ3n) is 3.66. The van der Waals surface area contributed by atoms with Gasteiger partial charge in [-0.1, -0.05) is 0 Å². The van der Waals surface area contributed by atoms with Crippen molar-refractivity contribution in [2.24, 2.45) is 17.4 Å². The Bertz CT molecular complexity index is 645. The lowest BCUT2D eigenvalue weighted by Gasteiger charge is -2.17. The Hall–Kier alpha value is -1.64. The van der Waals surface area contributed by atoms with Crippen LogP contribution in [0.4, 0.5) is 0 Å². The Balaban J connectivity index is 2.37. The van der Waals surface area contributed by atoms with Crippen LogP contribution in [-0.2, 0) is 10.0 Å². The Labute approximate surface area is 123 Å². The van der Waals surface area contributed by atoms with E-state index >= 15 is 0 Å². The number of primary amides is 1. The minimum atomic E-state index is -3.65. The molecule has 1 saturated heterocycles. The number of sulfonamides is 1. The number of carbonyl (C=O) groups excluding carboxylic acids is 1. The molecular formula is C13H19N3O4S. The molecule has 116 valence electrons. The quantitative estimate of drug-likeness (QED) is 0.778. The molecule has 8 heteroatoms. The first-order valence-electron chi connectivity index (χ1n) is 6.58. The van der Waals surface area contributed by atoms with Crippen LogP contribution in [0.2, 0.25) is 0 Å². The van der Waals surface area contributed by atoms with Gasteiger partial charge in [-0.15, -0.1) is 0 Å². The molecular weight excluding hydrogens is 294 g/mol. The van der Waals surface area contributed by atoms with Crippen molar-refractivity contribution in [2.45, 2.75) is 11.3 Å². The molecule has 4 N–H and O–H groups in total. The first-order chi connectivity index (χ1) is 9.90. The van der Waals surface area contributed by atoms with Crippen LogP contribution in [0.15, 0.2) is 23.1 Å². The summed E-state index contributed by atoms with van der Waals surface area (Å²) in [6, 6.07) is 4.10. The number of amides is 1. The minimum absolute atomic E-state index is 0.0368. The van der Waals surface area contributed by atoms with Gasteiger partial charge in [0.05, 0.1) is 17.6 Å². The fraction of sp³-hybridized carbons (Fsp3) is 0.462. The predicted molar refractivity (Wildman–Crippen MR) is 77.4 cm³/mol. The van der Waals surface area contributed by atoms with Crippen molar-refractivity contribution in [1.82, 2.24) is 4.31 Å². The van der Waals surface area contributed by atoms with E-state index in [1.165, 1.54) is 29.6 Å². The van der Waals surface area contributed by atoms with Gasteiger partial charge < -0.3 is 16.2 Å². The van der Waals surface area contributed by atoms with Gasteiger partial charge in [0.25, 0.3) is 5.91 Å². The molecule has 1 unspecified atom stereocenters. The summed E-state index contributed by atoms with van der Waals surface area (Å²) in [5.74, 6) is -0.304. The Morgan fingerprint density at radius 1 is 1.48 bits per heavy atom. The normalized spacial score (nSPS) is 19.6. The topological polar surface area (TPSA) is 116 Å². The number of carbonyl (C=O) groups is 1. The van der Waals surface area contributed by atoms with E-state index in [9.17, 15) is 13.2 Å². The highest BCUT2D eigenvalue weighted by atomic mass is 32.2. The molecule has 1 fully saturated rings. The lowest BCUT2D eigenvalue weighted by Crippen LogP contribution is -2.30. The number of hydrogen-bond donors (Lipinski definition) is 2. The highest BCUT2D eigenvalue weighted by Crippen LogP contribution is 2.27. The van der Waals surface area contributed by atoms with Crippen LogP contribution in [0, 0.1) is 5.92 Å². The van der Waals surface area contributed by atoms with E-state index in [2.05, 4.69) is 0 Å². The van der Waals surface area contributed by atoms with Crippen LogP contribution in [0.1, 0.15) is 16.8 Å². The maximum Gasteiger partial charge on any atom is 0.252 e. The number of nitrogens with zero attached hydrogens (tertiary/aromatic N) is 1. The first-order valence-corrected chi connectivity index (χ1v) is 8.02. The number of ether oxygens (including phenoxy) is 1. The van der Waals surface area contributed by atoms with Crippen LogP contribution in [0.25, 0.3) is 0 Å². The molecule has 1 amide bonds. The van der Waals surface area contributed by atoms with Gasteiger partial charge in [-0.3, -0.25) is 4.79 Å². The van der Waals surface area contributed by atoms with E-state index in [0.29, 0.717) is 19.6 Å². The lowest BCUT2D eigenvalue weighted by molar-refractivity contribution is 0.0997. The fourth-order valence-electron chi connectivity index (χ4n) is 2.40. The summed E-state index contributed by atoms with van der Waals surface area (Å²) in [7, 11) is -2.26. The average molecular weight is 313 g/mol. The van der Waals surface area contributed by atoms with Crippen LogP contribution < -0.4 is 16.2 Å². The van der Waals surface area contributed by atoms with Crippen LogP contribution in [0.3, 0.4) is 0 Å². The maximum absolute atomic E-state index is 12.6. The number of methoxy groups -OCH3 is 1. The third-order valence-corrected chi connectivity index (χ3v) is 5.52. The highest BCUT2D eigenvalue weighted by molar-refractivity contribution is 7.89. The number of benzene rings is 1. The van der Waals surface area contributed by atoms with Crippen LogP contribution in [-0.4, -0.2) is 45.4 Å². The molecule has 21 heavy (non-hydrogen) atoms. The summed E-state index contributed by atoms with van der Waals surface area (Å²) in [5, 5.41) is 0. The zero-order valence-corrected chi connectivity index (χ0v) is 12.6. The van der Waals surface area contributed by atoms with Gasteiger partial charge >= 0.3 is 0 Å². The van der Waals surface area contributed by atoms with E-state index in [-0.39, 0.29) is 22.1 Å². The molecule has 1 aliphatic heterocycles. The highest BCUT2D eigenvalue weighted by Gasteiger charge is 2.32. The number of rotatable bonds is 5. The molecule has 1 heterocycles.